The number of rotatable bonds is 3. The molecule has 1 aliphatic heterocycles. The van der Waals surface area contributed by atoms with Crippen molar-refractivity contribution in [1.82, 2.24) is 4.98 Å². The van der Waals surface area contributed by atoms with Gasteiger partial charge >= 0.3 is 0 Å². The zero-order chi connectivity index (χ0) is 17.2. The molecule has 126 valence electrons. The number of hydrogen-bond donors (Lipinski definition) is 0. The van der Waals surface area contributed by atoms with Gasteiger partial charge in [0.1, 0.15) is 23.4 Å². The standard InChI is InChI=1S/C20H18N2O2S/c1-15-10-11-17-19(13-15)24-14-18(16-7-3-2-4-8-16)22(17)25(23)20-9-5-6-12-21-20/h2-13,18H,14H2,1H3. The maximum Gasteiger partial charge on any atom is 0.172 e. The normalized spacial score (nSPS) is 17.5. The minimum absolute atomic E-state index is 0.140. The minimum atomic E-state index is -1.43. The summed E-state index contributed by atoms with van der Waals surface area (Å²) in [7, 11) is -1.43. The third-order valence-corrected chi connectivity index (χ3v) is 5.62. The molecule has 4 rings (SSSR count). The molecule has 0 spiro atoms. The lowest BCUT2D eigenvalue weighted by atomic mass is 10.1. The third-order valence-electron chi connectivity index (χ3n) is 4.21. The highest BCUT2D eigenvalue weighted by atomic mass is 32.2. The Morgan fingerprint density at radius 2 is 1.88 bits per heavy atom. The Balaban J connectivity index is 1.83. The summed E-state index contributed by atoms with van der Waals surface area (Å²) in [5.74, 6) is 0.761. The number of aromatic nitrogens is 1. The van der Waals surface area contributed by atoms with Gasteiger partial charge in [0, 0.05) is 6.20 Å². The molecule has 2 aromatic carbocycles. The number of fused-ring (bicyclic) bond motifs is 1. The maximum atomic E-state index is 13.4. The number of anilines is 1. The highest BCUT2D eigenvalue weighted by molar-refractivity contribution is 7.86. The largest absolute Gasteiger partial charge is 0.489 e. The number of benzene rings is 2. The van der Waals surface area contributed by atoms with Crippen molar-refractivity contribution in [2.45, 2.75) is 18.0 Å². The Morgan fingerprint density at radius 1 is 1.08 bits per heavy atom. The number of aryl methyl sites for hydroxylation is 1. The van der Waals surface area contributed by atoms with E-state index in [1.54, 1.807) is 12.3 Å². The van der Waals surface area contributed by atoms with Crippen LogP contribution in [0.2, 0.25) is 0 Å². The Labute approximate surface area is 149 Å². The maximum absolute atomic E-state index is 13.4. The Hall–Kier alpha value is -2.66. The first-order chi connectivity index (χ1) is 12.2. The highest BCUT2D eigenvalue weighted by Gasteiger charge is 2.33. The average molecular weight is 350 g/mol. The van der Waals surface area contributed by atoms with E-state index in [0.717, 1.165) is 22.6 Å². The van der Waals surface area contributed by atoms with Crippen molar-refractivity contribution in [1.29, 1.82) is 0 Å². The molecule has 0 fully saturated rings. The van der Waals surface area contributed by atoms with Gasteiger partial charge in [-0.1, -0.05) is 42.5 Å². The Kier molecular flexibility index (Phi) is 4.24. The molecule has 25 heavy (non-hydrogen) atoms. The quantitative estimate of drug-likeness (QED) is 0.715. The predicted molar refractivity (Wildman–Crippen MR) is 99.0 cm³/mol. The van der Waals surface area contributed by atoms with Gasteiger partial charge in [-0.05, 0) is 42.3 Å². The van der Waals surface area contributed by atoms with Crippen LogP contribution in [0.1, 0.15) is 17.2 Å². The van der Waals surface area contributed by atoms with Crippen LogP contribution in [-0.2, 0) is 11.0 Å². The van der Waals surface area contributed by atoms with Crippen LogP contribution < -0.4 is 9.04 Å². The van der Waals surface area contributed by atoms with Crippen molar-refractivity contribution in [3.63, 3.8) is 0 Å². The monoisotopic (exact) mass is 350 g/mol. The SMILES string of the molecule is Cc1ccc2c(c1)OCC(c1ccccc1)N2S(=O)c1ccccn1. The van der Waals surface area contributed by atoms with E-state index in [1.807, 2.05) is 71.9 Å². The summed E-state index contributed by atoms with van der Waals surface area (Å²) in [5.41, 5.74) is 3.01. The van der Waals surface area contributed by atoms with Gasteiger partial charge in [-0.3, -0.25) is 4.31 Å². The van der Waals surface area contributed by atoms with E-state index in [1.165, 1.54) is 0 Å². The van der Waals surface area contributed by atoms with Crippen LogP contribution in [-0.4, -0.2) is 15.8 Å². The van der Waals surface area contributed by atoms with E-state index < -0.39 is 11.0 Å². The molecule has 0 saturated heterocycles. The molecule has 1 aliphatic rings. The van der Waals surface area contributed by atoms with Crippen LogP contribution in [0.3, 0.4) is 0 Å². The first kappa shape index (κ1) is 15.8. The van der Waals surface area contributed by atoms with Gasteiger partial charge in [0.25, 0.3) is 0 Å². The van der Waals surface area contributed by atoms with Crippen LogP contribution in [0.15, 0.2) is 78.0 Å². The fourth-order valence-corrected chi connectivity index (χ4v) is 4.28. The molecular formula is C20H18N2O2S. The number of nitrogens with zero attached hydrogens (tertiary/aromatic N) is 2. The van der Waals surface area contributed by atoms with E-state index in [-0.39, 0.29) is 6.04 Å². The molecule has 0 amide bonds. The molecule has 4 nitrogen and oxygen atoms in total. The lowest BCUT2D eigenvalue weighted by Crippen LogP contribution is -2.38. The summed E-state index contributed by atoms with van der Waals surface area (Å²) in [4.78, 5) is 4.29. The molecule has 0 aliphatic carbocycles. The van der Waals surface area contributed by atoms with Crippen LogP contribution in [0, 0.1) is 6.92 Å². The van der Waals surface area contributed by atoms with Gasteiger partial charge in [0.2, 0.25) is 0 Å². The second-order valence-electron chi connectivity index (χ2n) is 5.95. The van der Waals surface area contributed by atoms with Crippen molar-refractivity contribution in [3.8, 4) is 5.75 Å². The summed E-state index contributed by atoms with van der Waals surface area (Å²) in [6, 6.07) is 21.3. The third kappa shape index (κ3) is 3.03. The smallest absolute Gasteiger partial charge is 0.172 e. The fraction of sp³-hybridized carbons (Fsp3) is 0.150. The molecule has 0 radical (unpaired) electrons. The van der Waals surface area contributed by atoms with Crippen LogP contribution >= 0.6 is 0 Å². The first-order valence-corrected chi connectivity index (χ1v) is 9.25. The zero-order valence-corrected chi connectivity index (χ0v) is 14.6. The Bertz CT molecular complexity index is 900. The highest BCUT2D eigenvalue weighted by Crippen LogP contribution is 2.41. The fourth-order valence-electron chi connectivity index (χ4n) is 2.99. The van der Waals surface area contributed by atoms with E-state index in [0.29, 0.717) is 11.6 Å². The summed E-state index contributed by atoms with van der Waals surface area (Å²) in [6.45, 7) is 2.46. The minimum Gasteiger partial charge on any atom is -0.489 e. The van der Waals surface area contributed by atoms with Crippen molar-refractivity contribution in [2.75, 3.05) is 10.9 Å². The van der Waals surface area contributed by atoms with Crippen molar-refractivity contribution >= 4 is 16.7 Å². The second kappa shape index (κ2) is 6.69. The molecule has 5 heteroatoms. The lowest BCUT2D eigenvalue weighted by molar-refractivity contribution is 0.276. The number of ether oxygens (including phenoxy) is 1. The van der Waals surface area contributed by atoms with Crippen LogP contribution in [0.4, 0.5) is 5.69 Å². The molecule has 3 aromatic rings. The van der Waals surface area contributed by atoms with Gasteiger partial charge in [0.15, 0.2) is 11.0 Å². The summed E-state index contributed by atoms with van der Waals surface area (Å²) >= 11 is 0. The molecule has 2 heterocycles. The first-order valence-electron chi connectivity index (χ1n) is 8.14. The predicted octanol–water partition coefficient (Wildman–Crippen LogP) is 4.05. The number of hydrogen-bond acceptors (Lipinski definition) is 3. The van der Waals surface area contributed by atoms with E-state index in [2.05, 4.69) is 4.98 Å². The van der Waals surface area contributed by atoms with Gasteiger partial charge < -0.3 is 4.74 Å². The molecule has 2 unspecified atom stereocenters. The molecule has 0 saturated carbocycles. The number of pyridine rings is 1. The molecule has 2 atom stereocenters. The zero-order valence-electron chi connectivity index (χ0n) is 13.8. The van der Waals surface area contributed by atoms with E-state index in [9.17, 15) is 4.21 Å². The molecule has 0 bridgehead atoms. The topological polar surface area (TPSA) is 42.4 Å². The summed E-state index contributed by atoms with van der Waals surface area (Å²) in [6.07, 6.45) is 1.67. The summed E-state index contributed by atoms with van der Waals surface area (Å²) in [5, 5.41) is 0.539. The van der Waals surface area contributed by atoms with Gasteiger partial charge in [-0.2, -0.15) is 0 Å². The second-order valence-corrected chi connectivity index (χ2v) is 7.26. The van der Waals surface area contributed by atoms with Crippen LogP contribution in [0.25, 0.3) is 0 Å². The van der Waals surface area contributed by atoms with Crippen LogP contribution in [0.5, 0.6) is 5.75 Å². The van der Waals surface area contributed by atoms with Crippen molar-refractivity contribution < 1.29 is 8.95 Å². The molecule has 0 N–H and O–H groups in total. The van der Waals surface area contributed by atoms with Gasteiger partial charge in [-0.25, -0.2) is 9.19 Å². The van der Waals surface area contributed by atoms with Crippen molar-refractivity contribution in [2.24, 2.45) is 0 Å². The van der Waals surface area contributed by atoms with E-state index in [4.69, 9.17) is 4.74 Å². The van der Waals surface area contributed by atoms with Gasteiger partial charge in [-0.15, -0.1) is 0 Å². The lowest BCUT2D eigenvalue weighted by Gasteiger charge is -2.37. The Morgan fingerprint density at radius 3 is 2.64 bits per heavy atom. The molecular weight excluding hydrogens is 332 g/mol. The van der Waals surface area contributed by atoms with Crippen molar-refractivity contribution in [3.05, 3.63) is 84.1 Å². The summed E-state index contributed by atoms with van der Waals surface area (Å²) < 4.78 is 21.3. The average Bonchev–Trinajstić information content (AvgIpc) is 2.68. The van der Waals surface area contributed by atoms with E-state index >= 15 is 0 Å². The van der Waals surface area contributed by atoms with Gasteiger partial charge in [0.05, 0.1) is 5.69 Å². The molecule has 1 aromatic heterocycles.